The van der Waals surface area contributed by atoms with Gasteiger partial charge < -0.3 is 4.98 Å². The molecule has 2 amide bonds. The second kappa shape index (κ2) is 7.01. The molecule has 126 valence electrons. The van der Waals surface area contributed by atoms with Crippen molar-refractivity contribution in [2.45, 2.75) is 32.9 Å². The molecule has 1 atom stereocenters. The summed E-state index contributed by atoms with van der Waals surface area (Å²) in [5.74, 6) is -0.201. The van der Waals surface area contributed by atoms with Crippen LogP contribution in [0, 0.1) is 13.8 Å². The summed E-state index contributed by atoms with van der Waals surface area (Å²) in [6.07, 6.45) is 3.31. The molecule has 3 rings (SSSR count). The van der Waals surface area contributed by atoms with Crippen LogP contribution >= 0.6 is 0 Å². The maximum absolute atomic E-state index is 12.8. The van der Waals surface area contributed by atoms with Gasteiger partial charge in [-0.25, -0.2) is 0 Å². The van der Waals surface area contributed by atoms with Gasteiger partial charge in [0.15, 0.2) is 0 Å². The average Bonchev–Trinajstić information content (AvgIpc) is 3.16. The molecule has 1 fully saturated rings. The van der Waals surface area contributed by atoms with Gasteiger partial charge in [0.25, 0.3) is 5.91 Å². The number of aromatic nitrogens is 1. The Hall–Kier alpha value is -2.40. The molecule has 1 aromatic carbocycles. The van der Waals surface area contributed by atoms with Gasteiger partial charge in [0.1, 0.15) is 0 Å². The van der Waals surface area contributed by atoms with E-state index < -0.39 is 0 Å². The first-order valence-corrected chi connectivity index (χ1v) is 8.29. The minimum atomic E-state index is -0.201. The maximum atomic E-state index is 12.8. The number of hydrogen-bond donors (Lipinski definition) is 1. The molecule has 5 heteroatoms. The summed E-state index contributed by atoms with van der Waals surface area (Å²) in [5, 5.41) is 0. The van der Waals surface area contributed by atoms with Crippen molar-refractivity contribution in [1.82, 2.24) is 14.8 Å². The molecule has 0 saturated carbocycles. The van der Waals surface area contributed by atoms with E-state index in [1.807, 2.05) is 38.2 Å². The highest BCUT2D eigenvalue weighted by atomic mass is 16.2. The van der Waals surface area contributed by atoms with E-state index in [0.717, 1.165) is 37.3 Å². The van der Waals surface area contributed by atoms with E-state index in [0.29, 0.717) is 12.0 Å². The molecular formula is C19H23N3O2. The van der Waals surface area contributed by atoms with Crippen molar-refractivity contribution in [3.63, 3.8) is 0 Å². The molecular weight excluding hydrogens is 302 g/mol. The fourth-order valence-electron chi connectivity index (χ4n) is 3.44. The van der Waals surface area contributed by atoms with Crippen molar-refractivity contribution in [3.05, 3.63) is 58.9 Å². The fraction of sp³-hybridized carbons (Fsp3) is 0.368. The zero-order valence-electron chi connectivity index (χ0n) is 14.2. The smallest absolute Gasteiger partial charge is 0.262 e. The number of rotatable bonds is 5. The van der Waals surface area contributed by atoms with Crippen LogP contribution in [0.15, 0.2) is 36.5 Å². The van der Waals surface area contributed by atoms with Gasteiger partial charge in [0.05, 0.1) is 11.6 Å². The number of amides is 2. The van der Waals surface area contributed by atoms with E-state index >= 15 is 0 Å². The zero-order valence-corrected chi connectivity index (χ0v) is 14.2. The van der Waals surface area contributed by atoms with Gasteiger partial charge in [-0.3, -0.25) is 19.4 Å². The first-order chi connectivity index (χ1) is 11.6. The number of likely N-dealkylation sites (tertiary alicyclic amines) is 1. The van der Waals surface area contributed by atoms with E-state index in [1.165, 1.54) is 10.5 Å². The van der Waals surface area contributed by atoms with Gasteiger partial charge in [0.2, 0.25) is 6.41 Å². The van der Waals surface area contributed by atoms with E-state index in [2.05, 4.69) is 22.0 Å². The van der Waals surface area contributed by atoms with Crippen molar-refractivity contribution in [2.24, 2.45) is 0 Å². The van der Waals surface area contributed by atoms with E-state index in [1.54, 1.807) is 0 Å². The van der Waals surface area contributed by atoms with Crippen LogP contribution in [0.4, 0.5) is 0 Å². The van der Waals surface area contributed by atoms with Crippen LogP contribution in [0.25, 0.3) is 0 Å². The third-order valence-electron chi connectivity index (χ3n) is 4.73. The van der Waals surface area contributed by atoms with Crippen molar-refractivity contribution >= 4 is 12.3 Å². The van der Waals surface area contributed by atoms with Gasteiger partial charge in [-0.15, -0.1) is 0 Å². The molecule has 2 aromatic rings. The number of imide groups is 1. The lowest BCUT2D eigenvalue weighted by atomic mass is 10.1. The molecule has 1 N–H and O–H groups in total. The largest absolute Gasteiger partial charge is 0.364 e. The highest BCUT2D eigenvalue weighted by Crippen LogP contribution is 2.21. The van der Waals surface area contributed by atoms with Crippen LogP contribution in [0.3, 0.4) is 0 Å². The van der Waals surface area contributed by atoms with Gasteiger partial charge in [-0.1, -0.05) is 30.3 Å². The van der Waals surface area contributed by atoms with Crippen molar-refractivity contribution < 1.29 is 9.59 Å². The molecule has 24 heavy (non-hydrogen) atoms. The van der Waals surface area contributed by atoms with Crippen LogP contribution in [-0.4, -0.2) is 46.2 Å². The number of nitrogens with zero attached hydrogens (tertiary/aromatic N) is 2. The predicted octanol–water partition coefficient (Wildman–Crippen LogP) is 2.50. The van der Waals surface area contributed by atoms with Crippen molar-refractivity contribution in [1.29, 1.82) is 0 Å². The molecule has 0 aliphatic carbocycles. The van der Waals surface area contributed by atoms with Crippen molar-refractivity contribution in [2.75, 3.05) is 13.1 Å². The number of aromatic amines is 1. The minimum Gasteiger partial charge on any atom is -0.364 e. The number of hydrogen-bond acceptors (Lipinski definition) is 3. The SMILES string of the molecule is Cc1c[nH]c(C)c1C(=O)N(C=O)[C@H]1CCN(Cc2ccccc2)C1. The summed E-state index contributed by atoms with van der Waals surface area (Å²) in [7, 11) is 0. The summed E-state index contributed by atoms with van der Waals surface area (Å²) >= 11 is 0. The van der Waals surface area contributed by atoms with Crippen LogP contribution in [-0.2, 0) is 11.3 Å². The van der Waals surface area contributed by atoms with Gasteiger partial charge >= 0.3 is 0 Å². The van der Waals surface area contributed by atoms with Crippen LogP contribution in [0.2, 0.25) is 0 Å². The number of nitrogens with one attached hydrogen (secondary N) is 1. The molecule has 1 aliphatic heterocycles. The van der Waals surface area contributed by atoms with Crippen LogP contribution < -0.4 is 0 Å². The summed E-state index contributed by atoms with van der Waals surface area (Å²) in [5.41, 5.74) is 3.55. The molecule has 0 spiro atoms. The Morgan fingerprint density at radius 1 is 1.33 bits per heavy atom. The Bertz CT molecular complexity index is 704. The molecule has 0 unspecified atom stereocenters. The standard InChI is InChI=1S/C19H23N3O2/c1-14-10-20-15(2)18(14)19(24)22(13-23)17-8-9-21(12-17)11-16-6-4-3-5-7-16/h3-7,10,13,17,20H,8-9,11-12H2,1-2H3/t17-/m0/s1. The first kappa shape index (κ1) is 16.5. The Balaban J connectivity index is 1.69. The van der Waals surface area contributed by atoms with Gasteiger partial charge in [-0.2, -0.15) is 0 Å². The summed E-state index contributed by atoms with van der Waals surface area (Å²) < 4.78 is 0. The third kappa shape index (κ3) is 3.26. The molecule has 1 saturated heterocycles. The lowest BCUT2D eigenvalue weighted by Crippen LogP contribution is -2.41. The molecule has 0 radical (unpaired) electrons. The highest BCUT2D eigenvalue weighted by Gasteiger charge is 2.32. The zero-order chi connectivity index (χ0) is 17.1. The first-order valence-electron chi connectivity index (χ1n) is 8.29. The van der Waals surface area contributed by atoms with Gasteiger partial charge in [-0.05, 0) is 31.4 Å². The summed E-state index contributed by atoms with van der Waals surface area (Å²) in [6.45, 7) is 6.21. The summed E-state index contributed by atoms with van der Waals surface area (Å²) in [4.78, 5) is 31.1. The second-order valence-corrected chi connectivity index (χ2v) is 6.45. The average molecular weight is 325 g/mol. The van der Waals surface area contributed by atoms with Crippen LogP contribution in [0.5, 0.6) is 0 Å². The molecule has 5 nitrogen and oxygen atoms in total. The molecule has 2 heterocycles. The predicted molar refractivity (Wildman–Crippen MR) is 92.6 cm³/mol. The Labute approximate surface area is 142 Å². The second-order valence-electron chi connectivity index (χ2n) is 6.45. The molecule has 0 bridgehead atoms. The number of H-pyrrole nitrogens is 1. The minimum absolute atomic E-state index is 0.0626. The molecule has 1 aliphatic rings. The number of benzene rings is 1. The van der Waals surface area contributed by atoms with Crippen molar-refractivity contribution in [3.8, 4) is 0 Å². The maximum Gasteiger partial charge on any atom is 0.262 e. The van der Waals surface area contributed by atoms with E-state index in [4.69, 9.17) is 0 Å². The van der Waals surface area contributed by atoms with E-state index in [9.17, 15) is 9.59 Å². The van der Waals surface area contributed by atoms with E-state index in [-0.39, 0.29) is 11.9 Å². The van der Waals surface area contributed by atoms with Gasteiger partial charge in [0, 0.05) is 31.5 Å². The van der Waals surface area contributed by atoms with Crippen LogP contribution in [0.1, 0.15) is 33.6 Å². The number of carbonyl (C=O) groups excluding carboxylic acids is 2. The highest BCUT2D eigenvalue weighted by molar-refractivity contribution is 6.02. The Morgan fingerprint density at radius 3 is 2.71 bits per heavy atom. The summed E-state index contributed by atoms with van der Waals surface area (Å²) in [6, 6.07) is 10.2. The number of carbonyl (C=O) groups is 2. The fourth-order valence-corrected chi connectivity index (χ4v) is 3.44. The Morgan fingerprint density at radius 2 is 2.08 bits per heavy atom. The normalized spacial score (nSPS) is 17.8. The Kier molecular flexibility index (Phi) is 4.81. The lowest BCUT2D eigenvalue weighted by Gasteiger charge is -2.24. The monoisotopic (exact) mass is 325 g/mol. The quantitative estimate of drug-likeness (QED) is 0.860. The topological polar surface area (TPSA) is 56.4 Å². The number of aryl methyl sites for hydroxylation is 2. The lowest BCUT2D eigenvalue weighted by molar-refractivity contribution is -0.117. The third-order valence-corrected chi connectivity index (χ3v) is 4.73. The molecule has 1 aromatic heterocycles.